The molecule has 0 unspecified atom stereocenters. The molecule has 0 aliphatic heterocycles. The monoisotopic (exact) mass is 417 g/mol. The molecule has 0 radical (unpaired) electrons. The average molecular weight is 417 g/mol. The fourth-order valence-corrected chi connectivity index (χ4v) is 3.47. The molecule has 154 valence electrons. The van der Waals surface area contributed by atoms with Gasteiger partial charge in [0.2, 0.25) is 0 Å². The first kappa shape index (κ1) is 19.4. The van der Waals surface area contributed by atoms with E-state index in [1.807, 2.05) is 0 Å². The number of imidazole rings is 1. The Kier molecular flexibility index (Phi) is 4.45. The highest BCUT2D eigenvalue weighted by Crippen LogP contribution is 2.37. The van der Waals surface area contributed by atoms with Crippen LogP contribution in [0.5, 0.6) is 5.75 Å². The highest BCUT2D eigenvalue weighted by molar-refractivity contribution is 5.84. The van der Waals surface area contributed by atoms with Crippen molar-refractivity contribution in [2.45, 2.75) is 6.92 Å². The van der Waals surface area contributed by atoms with Gasteiger partial charge in [0.15, 0.2) is 5.82 Å². The zero-order valence-electron chi connectivity index (χ0n) is 16.0. The summed E-state index contributed by atoms with van der Waals surface area (Å²) in [6.07, 6.45) is 1.22. The number of ether oxygens (including phenoxy) is 1. The molecule has 0 aliphatic carbocycles. The molecule has 4 aromatic rings. The minimum absolute atomic E-state index is 0.00304. The molecular weight excluding hydrogens is 403 g/mol. The van der Waals surface area contributed by atoms with Crippen molar-refractivity contribution in [3.8, 4) is 22.7 Å². The van der Waals surface area contributed by atoms with Crippen molar-refractivity contribution in [3.63, 3.8) is 0 Å². The average Bonchev–Trinajstić information content (AvgIpc) is 3.21. The van der Waals surface area contributed by atoms with Gasteiger partial charge in [-0.25, -0.2) is 18.2 Å². The molecule has 2 aromatic carbocycles. The second-order valence-corrected chi connectivity index (χ2v) is 6.54. The number of methoxy groups -OCH3 is 1. The van der Waals surface area contributed by atoms with E-state index in [-0.39, 0.29) is 33.7 Å². The van der Waals surface area contributed by atoms with Gasteiger partial charge in [0.1, 0.15) is 35.0 Å². The molecule has 0 aliphatic rings. The van der Waals surface area contributed by atoms with E-state index in [4.69, 9.17) is 4.74 Å². The Bertz CT molecular complexity index is 1310. The first-order valence-corrected chi connectivity index (χ1v) is 8.61. The standard InChI is InChI=1S/C19H14F3N5O3/c1-9-16(17-12(20)6-11(30-3)7-13(17)21)19(25(2)24-9)26-8-23-15-5-10(27(28)29)4-14(22)18(15)26/h4-8H,1-3H3. The summed E-state index contributed by atoms with van der Waals surface area (Å²) < 4.78 is 51.8. The van der Waals surface area contributed by atoms with Crippen molar-refractivity contribution in [3.05, 3.63) is 63.9 Å². The lowest BCUT2D eigenvalue weighted by atomic mass is 10.0. The summed E-state index contributed by atoms with van der Waals surface area (Å²) in [4.78, 5) is 14.3. The molecule has 11 heteroatoms. The quantitative estimate of drug-likeness (QED) is 0.369. The first-order chi connectivity index (χ1) is 14.2. The predicted molar refractivity (Wildman–Crippen MR) is 101 cm³/mol. The van der Waals surface area contributed by atoms with Crippen molar-refractivity contribution in [2.24, 2.45) is 7.05 Å². The van der Waals surface area contributed by atoms with Gasteiger partial charge in [-0.15, -0.1) is 0 Å². The van der Waals surface area contributed by atoms with Crippen LogP contribution in [0.25, 0.3) is 28.0 Å². The molecule has 0 fully saturated rings. The van der Waals surface area contributed by atoms with Gasteiger partial charge < -0.3 is 4.74 Å². The van der Waals surface area contributed by atoms with Gasteiger partial charge in [-0.1, -0.05) is 0 Å². The third-order valence-electron chi connectivity index (χ3n) is 4.71. The fraction of sp³-hybridized carbons (Fsp3) is 0.158. The molecule has 0 atom stereocenters. The third-order valence-corrected chi connectivity index (χ3v) is 4.71. The van der Waals surface area contributed by atoms with Crippen LogP contribution in [0.3, 0.4) is 0 Å². The molecule has 0 bridgehead atoms. The van der Waals surface area contributed by atoms with Crippen molar-refractivity contribution >= 4 is 16.7 Å². The summed E-state index contributed by atoms with van der Waals surface area (Å²) in [5, 5.41) is 15.2. The molecule has 4 rings (SSSR count). The van der Waals surface area contributed by atoms with E-state index in [1.54, 1.807) is 6.92 Å². The third kappa shape index (κ3) is 2.86. The molecule has 0 N–H and O–H groups in total. The number of nitrogens with zero attached hydrogens (tertiary/aromatic N) is 5. The van der Waals surface area contributed by atoms with Crippen LogP contribution in [-0.2, 0) is 7.05 Å². The maximum Gasteiger partial charge on any atom is 0.274 e. The van der Waals surface area contributed by atoms with Crippen molar-refractivity contribution in [1.29, 1.82) is 0 Å². The number of fused-ring (bicyclic) bond motifs is 1. The van der Waals surface area contributed by atoms with Crippen LogP contribution in [0.1, 0.15) is 5.69 Å². The highest BCUT2D eigenvalue weighted by atomic mass is 19.1. The lowest BCUT2D eigenvalue weighted by molar-refractivity contribution is -0.384. The normalized spacial score (nSPS) is 11.3. The Morgan fingerprint density at radius 3 is 2.33 bits per heavy atom. The van der Waals surface area contributed by atoms with E-state index in [1.165, 1.54) is 29.7 Å². The van der Waals surface area contributed by atoms with E-state index in [0.717, 1.165) is 24.3 Å². The van der Waals surface area contributed by atoms with Gasteiger partial charge in [0.05, 0.1) is 40.4 Å². The summed E-state index contributed by atoms with van der Waals surface area (Å²) in [5.41, 5.74) is -0.507. The molecule has 2 heterocycles. The highest BCUT2D eigenvalue weighted by Gasteiger charge is 2.26. The maximum absolute atomic E-state index is 14.8. The smallest absolute Gasteiger partial charge is 0.274 e. The number of benzene rings is 2. The Labute approximate surface area is 167 Å². The van der Waals surface area contributed by atoms with E-state index < -0.39 is 28.1 Å². The Balaban J connectivity index is 2.03. The Morgan fingerprint density at radius 1 is 1.07 bits per heavy atom. The van der Waals surface area contributed by atoms with Crippen LogP contribution < -0.4 is 4.74 Å². The van der Waals surface area contributed by atoms with E-state index in [0.29, 0.717) is 5.69 Å². The van der Waals surface area contributed by atoms with Crippen LogP contribution in [0.4, 0.5) is 18.9 Å². The van der Waals surface area contributed by atoms with Crippen LogP contribution in [-0.4, -0.2) is 31.4 Å². The second kappa shape index (κ2) is 6.87. The molecule has 30 heavy (non-hydrogen) atoms. The largest absolute Gasteiger partial charge is 0.497 e. The molecular formula is C19H14F3N5O3. The minimum Gasteiger partial charge on any atom is -0.497 e. The number of nitro benzene ring substituents is 1. The van der Waals surface area contributed by atoms with Gasteiger partial charge in [-0.05, 0) is 6.92 Å². The van der Waals surface area contributed by atoms with Crippen LogP contribution in [0.2, 0.25) is 0 Å². The Morgan fingerprint density at radius 2 is 1.73 bits per heavy atom. The van der Waals surface area contributed by atoms with Crippen molar-refractivity contribution in [2.75, 3.05) is 7.11 Å². The van der Waals surface area contributed by atoms with Gasteiger partial charge >= 0.3 is 0 Å². The van der Waals surface area contributed by atoms with Crippen molar-refractivity contribution in [1.82, 2.24) is 19.3 Å². The number of aryl methyl sites for hydroxylation is 2. The summed E-state index contributed by atoms with van der Waals surface area (Å²) in [6, 6.07) is 3.94. The van der Waals surface area contributed by atoms with Crippen LogP contribution in [0, 0.1) is 34.5 Å². The lowest BCUT2D eigenvalue weighted by Crippen LogP contribution is -2.05. The summed E-state index contributed by atoms with van der Waals surface area (Å²) in [7, 11) is 2.81. The molecule has 0 saturated heterocycles. The second-order valence-electron chi connectivity index (χ2n) is 6.54. The fourth-order valence-electron chi connectivity index (χ4n) is 3.47. The maximum atomic E-state index is 14.8. The molecule has 0 saturated carbocycles. The summed E-state index contributed by atoms with van der Waals surface area (Å²) >= 11 is 0. The number of rotatable bonds is 4. The van der Waals surface area contributed by atoms with E-state index in [2.05, 4.69) is 10.1 Å². The van der Waals surface area contributed by atoms with Gasteiger partial charge in [0, 0.05) is 25.2 Å². The summed E-state index contributed by atoms with van der Waals surface area (Å²) in [5.74, 6) is -2.53. The number of hydrogen-bond donors (Lipinski definition) is 0. The topological polar surface area (TPSA) is 88.0 Å². The van der Waals surface area contributed by atoms with E-state index in [9.17, 15) is 23.3 Å². The predicted octanol–water partition coefficient (Wildman–Crippen LogP) is 4.07. The Hall–Kier alpha value is -3.89. The first-order valence-electron chi connectivity index (χ1n) is 8.61. The molecule has 2 aromatic heterocycles. The van der Waals surface area contributed by atoms with Crippen molar-refractivity contribution < 1.29 is 22.8 Å². The minimum atomic E-state index is -0.905. The molecule has 8 nitrogen and oxygen atoms in total. The van der Waals surface area contributed by atoms with Gasteiger partial charge in [0.25, 0.3) is 5.69 Å². The van der Waals surface area contributed by atoms with Crippen LogP contribution >= 0.6 is 0 Å². The van der Waals surface area contributed by atoms with Gasteiger partial charge in [-0.2, -0.15) is 5.10 Å². The zero-order valence-corrected chi connectivity index (χ0v) is 16.0. The zero-order chi connectivity index (χ0) is 21.7. The lowest BCUT2D eigenvalue weighted by Gasteiger charge is -2.12. The number of non-ortho nitro benzene ring substituents is 1. The summed E-state index contributed by atoms with van der Waals surface area (Å²) in [6.45, 7) is 1.56. The number of halogens is 3. The number of hydrogen-bond acceptors (Lipinski definition) is 5. The van der Waals surface area contributed by atoms with Gasteiger partial charge in [-0.3, -0.25) is 19.4 Å². The molecule has 0 amide bonds. The number of nitro groups is 1. The number of aromatic nitrogens is 4. The van der Waals surface area contributed by atoms with E-state index >= 15 is 0 Å². The van der Waals surface area contributed by atoms with Crippen LogP contribution in [0.15, 0.2) is 30.6 Å². The SMILES string of the molecule is COc1cc(F)c(-c2c(C)nn(C)c2-n2cnc3cc([N+](=O)[O-])cc(F)c32)c(F)c1. The molecule has 0 spiro atoms.